The lowest BCUT2D eigenvalue weighted by Crippen LogP contribution is -2.13. The van der Waals surface area contributed by atoms with E-state index in [2.05, 4.69) is 30.5 Å². The quantitative estimate of drug-likeness (QED) is 0.0803. The molecule has 2 aromatic carbocycles. The maximum Gasteiger partial charge on any atom is 0.182 e. The fraction of sp³-hybridized carbons (Fsp3) is 0.0857. The fourth-order valence-corrected chi connectivity index (χ4v) is 5.04. The molecular formula is C35H28Cl2F2N12O2. The number of nitrogens with two attached hydrogens (primary N) is 2. The molecule has 0 radical (unpaired) electrons. The number of hydrogen-bond acceptors (Lipinski definition) is 11. The van der Waals surface area contributed by atoms with Crippen LogP contribution in [0.4, 0.5) is 14.6 Å². The van der Waals surface area contributed by atoms with E-state index in [9.17, 15) is 8.78 Å². The summed E-state index contributed by atoms with van der Waals surface area (Å²) in [7, 11) is 0. The van der Waals surface area contributed by atoms with Crippen LogP contribution in [-0.4, -0.2) is 45.7 Å². The molecule has 0 bridgehead atoms. The van der Waals surface area contributed by atoms with Crippen molar-refractivity contribution in [3.8, 4) is 40.4 Å². The monoisotopic (exact) mass is 756 g/mol. The first-order chi connectivity index (χ1) is 25.6. The molecule has 0 fully saturated rings. The molecule has 5 aromatic heterocycles. The van der Waals surface area contributed by atoms with Crippen molar-refractivity contribution >= 4 is 34.9 Å². The predicted octanol–water partition coefficient (Wildman–Crippen LogP) is 7.17. The van der Waals surface area contributed by atoms with Gasteiger partial charge in [0.1, 0.15) is 58.6 Å². The smallest absolute Gasteiger partial charge is 0.182 e. The van der Waals surface area contributed by atoms with E-state index in [1.54, 1.807) is 71.6 Å². The number of nitrogens with one attached hydrogen (secondary N) is 1. The Balaban J connectivity index is 0.000000184. The summed E-state index contributed by atoms with van der Waals surface area (Å²) in [5.41, 5.74) is 15.0. The molecule has 0 aliphatic rings. The van der Waals surface area contributed by atoms with E-state index in [-0.39, 0.29) is 34.7 Å². The molecule has 268 valence electrons. The number of rotatable bonds is 8. The summed E-state index contributed by atoms with van der Waals surface area (Å²) in [5, 5.41) is 31.8. The maximum atomic E-state index is 14.3. The van der Waals surface area contributed by atoms with E-state index in [1.807, 2.05) is 13.0 Å². The summed E-state index contributed by atoms with van der Waals surface area (Å²) >= 11 is 11.7. The average molecular weight is 758 g/mol. The van der Waals surface area contributed by atoms with Crippen molar-refractivity contribution in [1.29, 1.82) is 10.7 Å². The van der Waals surface area contributed by atoms with Crippen LogP contribution >= 0.6 is 23.2 Å². The normalized spacial score (nSPS) is 10.6. The van der Waals surface area contributed by atoms with Gasteiger partial charge in [0.2, 0.25) is 0 Å². The number of anilines is 1. The standard InChI is InChI=1S/C17H12ClFN6O.C14H11ClFN5O.C4H5N/c18-11-3-1-2-10(16(11)19)9-25-14(12-5-7-26-24-12)8-13(23-25)17-21-6-4-15(20)22-17;15-9-3-1-2-8(13(9)16)7-21-12(10-4-5-22-20-10)6-11(19-21)14(17)18;1-2-3-4-5/h1-8H,9H2,(H2,20,21,22);1-6H,7H2,(H3,17,18);2-3H,1H3. The lowest BCUT2D eigenvalue weighted by Gasteiger charge is -2.07. The second-order valence-electron chi connectivity index (χ2n) is 10.7. The largest absolute Gasteiger partial charge is 0.384 e. The van der Waals surface area contributed by atoms with Crippen molar-refractivity contribution in [2.45, 2.75) is 20.0 Å². The number of benzene rings is 2. The summed E-state index contributed by atoms with van der Waals surface area (Å²) in [6, 6.07) is 19.7. The first kappa shape index (κ1) is 37.6. The zero-order chi connectivity index (χ0) is 37.9. The van der Waals surface area contributed by atoms with E-state index in [4.69, 9.17) is 54.4 Å². The van der Waals surface area contributed by atoms with Gasteiger partial charge in [0.05, 0.1) is 40.6 Å². The third kappa shape index (κ3) is 9.35. The van der Waals surface area contributed by atoms with Crippen LogP contribution < -0.4 is 11.5 Å². The van der Waals surface area contributed by atoms with Gasteiger partial charge in [0.25, 0.3) is 0 Å². The van der Waals surface area contributed by atoms with Crippen molar-refractivity contribution < 1.29 is 17.8 Å². The predicted molar refractivity (Wildman–Crippen MR) is 193 cm³/mol. The summed E-state index contributed by atoms with van der Waals surface area (Å²) in [6.45, 7) is 2.09. The van der Waals surface area contributed by atoms with Gasteiger partial charge in [-0.2, -0.15) is 15.5 Å². The summed E-state index contributed by atoms with van der Waals surface area (Å²) in [6.07, 6.45) is 7.53. The molecule has 5 N–H and O–H groups in total. The van der Waals surface area contributed by atoms with Crippen LogP contribution in [-0.2, 0) is 13.1 Å². The molecule has 0 unspecified atom stereocenters. The zero-order valence-electron chi connectivity index (χ0n) is 27.7. The van der Waals surface area contributed by atoms with Gasteiger partial charge in [-0.1, -0.05) is 63.9 Å². The van der Waals surface area contributed by atoms with Gasteiger partial charge in [0.15, 0.2) is 5.82 Å². The van der Waals surface area contributed by atoms with E-state index >= 15 is 0 Å². The lowest BCUT2D eigenvalue weighted by molar-refractivity contribution is 0.421. The van der Waals surface area contributed by atoms with Crippen molar-refractivity contribution in [1.82, 2.24) is 39.8 Å². The molecule has 0 saturated carbocycles. The summed E-state index contributed by atoms with van der Waals surface area (Å²) < 4.78 is 41.2. The van der Waals surface area contributed by atoms with Gasteiger partial charge in [-0.15, -0.1) is 0 Å². The van der Waals surface area contributed by atoms with Crippen molar-refractivity contribution in [3.05, 3.63) is 136 Å². The minimum absolute atomic E-state index is 0.0411. The highest BCUT2D eigenvalue weighted by Crippen LogP contribution is 2.27. The van der Waals surface area contributed by atoms with Crippen molar-refractivity contribution in [2.24, 2.45) is 5.73 Å². The number of nitrogens with zero attached hydrogens (tertiary/aromatic N) is 9. The molecule has 7 aromatic rings. The third-order valence-corrected chi connectivity index (χ3v) is 7.67. The van der Waals surface area contributed by atoms with E-state index in [0.29, 0.717) is 51.2 Å². The highest BCUT2D eigenvalue weighted by molar-refractivity contribution is 6.31. The van der Waals surface area contributed by atoms with Gasteiger partial charge < -0.3 is 20.5 Å². The first-order valence-corrected chi connectivity index (χ1v) is 16.1. The molecule has 18 heteroatoms. The first-order valence-electron chi connectivity index (χ1n) is 15.4. The Morgan fingerprint density at radius 1 is 0.868 bits per heavy atom. The van der Waals surface area contributed by atoms with Crippen LogP contribution in [0.5, 0.6) is 0 Å². The van der Waals surface area contributed by atoms with Gasteiger partial charge in [-0.3, -0.25) is 14.8 Å². The zero-order valence-corrected chi connectivity index (χ0v) is 29.2. The number of halogens is 4. The lowest BCUT2D eigenvalue weighted by atomic mass is 10.2. The third-order valence-electron chi connectivity index (χ3n) is 7.09. The molecule has 0 aliphatic carbocycles. The van der Waals surface area contributed by atoms with Crippen LogP contribution in [0.2, 0.25) is 10.0 Å². The molecule has 0 saturated heterocycles. The number of aromatic nitrogens is 8. The molecule has 7 rings (SSSR count). The highest BCUT2D eigenvalue weighted by Gasteiger charge is 2.18. The topological polar surface area (TPSA) is 213 Å². The van der Waals surface area contributed by atoms with Gasteiger partial charge >= 0.3 is 0 Å². The Morgan fingerprint density at radius 2 is 1.43 bits per heavy atom. The van der Waals surface area contributed by atoms with Crippen LogP contribution in [0.15, 0.2) is 107 Å². The Hall–Kier alpha value is -6.70. The van der Waals surface area contributed by atoms with E-state index in [1.165, 1.54) is 35.4 Å². The summed E-state index contributed by atoms with van der Waals surface area (Å²) in [4.78, 5) is 8.35. The van der Waals surface area contributed by atoms with Gasteiger partial charge in [-0.25, -0.2) is 18.7 Å². The number of allylic oxidation sites excluding steroid dienone is 2. The molecule has 0 atom stereocenters. The second kappa shape index (κ2) is 17.5. The van der Waals surface area contributed by atoms with Crippen LogP contribution in [0.25, 0.3) is 34.3 Å². The Kier molecular flexibility index (Phi) is 12.4. The minimum Gasteiger partial charge on any atom is -0.384 e. The molecule has 5 heterocycles. The SMILES string of the molecule is CC=CC#N.N=C(N)c1cc(-c2ccon2)n(Cc2cccc(Cl)c2F)n1.Nc1ccnc(-c2cc(-c3ccon3)n(Cc3cccc(Cl)c3F)n2)n1. The minimum atomic E-state index is -0.504. The second-order valence-corrected chi connectivity index (χ2v) is 11.5. The Bertz CT molecular complexity index is 2380. The average Bonchev–Trinajstić information content (AvgIpc) is 3.97. The number of amidine groups is 1. The fourth-order valence-electron chi connectivity index (χ4n) is 4.65. The Labute approximate surface area is 310 Å². The van der Waals surface area contributed by atoms with Gasteiger partial charge in [0, 0.05) is 35.5 Å². The van der Waals surface area contributed by atoms with Crippen LogP contribution in [0, 0.1) is 28.4 Å². The summed E-state index contributed by atoms with van der Waals surface area (Å²) in [5.74, 6) is -0.490. The molecule has 53 heavy (non-hydrogen) atoms. The van der Waals surface area contributed by atoms with Crippen molar-refractivity contribution in [2.75, 3.05) is 5.73 Å². The van der Waals surface area contributed by atoms with Gasteiger partial charge in [-0.05, 0) is 37.3 Å². The molecular weight excluding hydrogens is 729 g/mol. The molecule has 14 nitrogen and oxygen atoms in total. The molecule has 0 amide bonds. The van der Waals surface area contributed by atoms with E-state index < -0.39 is 11.6 Å². The van der Waals surface area contributed by atoms with Crippen LogP contribution in [0.1, 0.15) is 23.7 Å². The number of hydrogen-bond donors (Lipinski definition) is 3. The van der Waals surface area contributed by atoms with Crippen molar-refractivity contribution in [3.63, 3.8) is 0 Å². The van der Waals surface area contributed by atoms with E-state index in [0.717, 1.165) is 0 Å². The number of nitrogen functional groups attached to an aromatic ring is 2. The van der Waals surface area contributed by atoms with Crippen LogP contribution in [0.3, 0.4) is 0 Å². The Morgan fingerprint density at radius 3 is 1.91 bits per heavy atom. The molecule has 0 aliphatic heterocycles. The molecule has 0 spiro atoms. The highest BCUT2D eigenvalue weighted by atomic mass is 35.5. The number of nitriles is 1. The maximum absolute atomic E-state index is 14.3.